The van der Waals surface area contributed by atoms with Crippen molar-refractivity contribution in [3.63, 3.8) is 0 Å². The molecular weight excluding hydrogens is 425 g/mol. The highest BCUT2D eigenvalue weighted by Crippen LogP contribution is 2.37. The summed E-state index contributed by atoms with van der Waals surface area (Å²) in [6, 6.07) is 9.63. The maximum Gasteiger partial charge on any atom is 0.175 e. The molecule has 2 rings (SSSR count). The molecule has 1 N–H and O–H groups in total. The minimum absolute atomic E-state index is 0.0818. The number of hydrogen-bond acceptors (Lipinski definition) is 3. The molecule has 0 radical (unpaired) electrons. The maximum atomic E-state index is 6.20. The normalized spacial score (nSPS) is 11.0. The molecule has 6 heteroatoms. The van der Waals surface area contributed by atoms with Crippen molar-refractivity contribution in [2.75, 3.05) is 13.7 Å². The summed E-state index contributed by atoms with van der Waals surface area (Å²) in [7, 11) is 1.65. The minimum atomic E-state index is 0.0818. The summed E-state index contributed by atoms with van der Waals surface area (Å²) in [6.07, 6.45) is 0.918. The second-order valence-corrected chi connectivity index (χ2v) is 7.64. The topological polar surface area (TPSA) is 30.5 Å². The number of rotatable bonds is 8. The lowest BCUT2D eigenvalue weighted by molar-refractivity contribution is 0.228. The Morgan fingerprint density at radius 1 is 1.16 bits per heavy atom. The summed E-state index contributed by atoms with van der Waals surface area (Å²) in [4.78, 5) is 0. The third-order valence-electron chi connectivity index (χ3n) is 3.56. The monoisotopic (exact) mass is 445 g/mol. The third kappa shape index (κ3) is 6.07. The Labute approximate surface area is 167 Å². The summed E-state index contributed by atoms with van der Waals surface area (Å²) in [5.41, 5.74) is 2.19. The molecule has 0 heterocycles. The Morgan fingerprint density at radius 3 is 2.56 bits per heavy atom. The van der Waals surface area contributed by atoms with Gasteiger partial charge in [0.05, 0.1) is 17.7 Å². The van der Waals surface area contributed by atoms with Crippen molar-refractivity contribution >= 4 is 39.1 Å². The van der Waals surface area contributed by atoms with Crippen molar-refractivity contribution in [3.8, 4) is 11.5 Å². The molecular formula is C19H22BrCl2NO2. The molecule has 0 bridgehead atoms. The Bertz CT molecular complexity index is 723. The van der Waals surface area contributed by atoms with Crippen LogP contribution < -0.4 is 14.8 Å². The molecule has 0 aliphatic carbocycles. The van der Waals surface area contributed by atoms with Crippen LogP contribution in [0.2, 0.25) is 10.0 Å². The lowest BCUT2D eigenvalue weighted by Crippen LogP contribution is -2.17. The molecule has 0 unspecified atom stereocenters. The molecule has 0 spiro atoms. The van der Waals surface area contributed by atoms with Crippen molar-refractivity contribution in [3.05, 3.63) is 56.0 Å². The number of hydrogen-bond donors (Lipinski definition) is 1. The summed E-state index contributed by atoms with van der Waals surface area (Å²) in [5.74, 6) is 1.45. The fourth-order valence-electron chi connectivity index (χ4n) is 2.41. The van der Waals surface area contributed by atoms with E-state index in [4.69, 9.17) is 32.7 Å². The Balaban J connectivity index is 1.95. The summed E-state index contributed by atoms with van der Waals surface area (Å²) >= 11 is 15.7. The van der Waals surface area contributed by atoms with Crippen LogP contribution in [0.3, 0.4) is 0 Å². The Morgan fingerprint density at radius 2 is 1.92 bits per heavy atom. The van der Waals surface area contributed by atoms with Gasteiger partial charge in [-0.15, -0.1) is 0 Å². The largest absolute Gasteiger partial charge is 0.493 e. The van der Waals surface area contributed by atoms with Gasteiger partial charge in [-0.1, -0.05) is 29.3 Å². The predicted octanol–water partition coefficient (Wildman–Crippen LogP) is 5.88. The van der Waals surface area contributed by atoms with Crippen LogP contribution in [-0.4, -0.2) is 19.8 Å². The highest BCUT2D eigenvalue weighted by atomic mass is 79.9. The van der Waals surface area contributed by atoms with E-state index in [9.17, 15) is 0 Å². The minimum Gasteiger partial charge on any atom is -0.493 e. The lowest BCUT2D eigenvalue weighted by Gasteiger charge is -2.17. The standard InChI is InChI=1S/C19H22BrCl2NO2/c1-12(2)25-19-16(20)8-13(9-18(19)24-3)11-23-7-6-14-4-5-15(21)10-17(14)22/h4-5,8-10,12,23H,6-7,11H2,1-3H3. The van der Waals surface area contributed by atoms with E-state index in [0.29, 0.717) is 10.0 Å². The Kier molecular flexibility index (Phi) is 7.88. The van der Waals surface area contributed by atoms with Crippen molar-refractivity contribution in [2.24, 2.45) is 0 Å². The Hall–Kier alpha value is -0.940. The molecule has 136 valence electrons. The third-order valence-corrected chi connectivity index (χ3v) is 4.73. The quantitative estimate of drug-likeness (QED) is 0.513. The van der Waals surface area contributed by atoms with E-state index in [1.165, 1.54) is 0 Å². The van der Waals surface area contributed by atoms with E-state index < -0.39 is 0 Å². The molecule has 25 heavy (non-hydrogen) atoms. The zero-order chi connectivity index (χ0) is 18.4. The zero-order valence-electron chi connectivity index (χ0n) is 14.5. The van der Waals surface area contributed by atoms with Crippen molar-refractivity contribution in [2.45, 2.75) is 32.9 Å². The first-order valence-corrected chi connectivity index (χ1v) is 9.63. The van der Waals surface area contributed by atoms with Crippen LogP contribution >= 0.6 is 39.1 Å². The van der Waals surface area contributed by atoms with Crippen LogP contribution in [0.5, 0.6) is 11.5 Å². The molecule has 0 aliphatic rings. The molecule has 0 aliphatic heterocycles. The first kappa shape index (κ1) is 20.4. The van der Waals surface area contributed by atoms with Gasteiger partial charge in [-0.3, -0.25) is 0 Å². The summed E-state index contributed by atoms with van der Waals surface area (Å²) in [6.45, 7) is 5.51. The van der Waals surface area contributed by atoms with Gasteiger partial charge in [0.1, 0.15) is 0 Å². The van der Waals surface area contributed by atoms with Gasteiger partial charge in [-0.25, -0.2) is 0 Å². The number of ether oxygens (including phenoxy) is 2. The second kappa shape index (κ2) is 9.67. The molecule has 2 aromatic rings. The first-order valence-electron chi connectivity index (χ1n) is 8.08. The van der Waals surface area contributed by atoms with Gasteiger partial charge < -0.3 is 14.8 Å². The highest BCUT2D eigenvalue weighted by molar-refractivity contribution is 9.10. The number of nitrogens with one attached hydrogen (secondary N) is 1. The molecule has 0 aromatic heterocycles. The van der Waals surface area contributed by atoms with Crippen molar-refractivity contribution < 1.29 is 9.47 Å². The first-order chi connectivity index (χ1) is 11.9. The maximum absolute atomic E-state index is 6.20. The molecule has 0 atom stereocenters. The molecule has 2 aromatic carbocycles. The van der Waals surface area contributed by atoms with Crippen molar-refractivity contribution in [1.29, 1.82) is 0 Å². The van der Waals surface area contributed by atoms with E-state index in [0.717, 1.165) is 46.6 Å². The fraction of sp³-hybridized carbons (Fsp3) is 0.368. The van der Waals surface area contributed by atoms with Gasteiger partial charge in [-0.05, 0) is 78.1 Å². The van der Waals surface area contributed by atoms with E-state index in [1.54, 1.807) is 13.2 Å². The second-order valence-electron chi connectivity index (χ2n) is 5.94. The summed E-state index contributed by atoms with van der Waals surface area (Å²) in [5, 5.41) is 4.78. The zero-order valence-corrected chi connectivity index (χ0v) is 17.6. The predicted molar refractivity (Wildman–Crippen MR) is 108 cm³/mol. The van der Waals surface area contributed by atoms with Crippen molar-refractivity contribution in [1.82, 2.24) is 5.32 Å². The van der Waals surface area contributed by atoms with Crippen LogP contribution in [0.25, 0.3) is 0 Å². The number of methoxy groups -OCH3 is 1. The van der Waals surface area contributed by atoms with Gasteiger partial charge in [0.25, 0.3) is 0 Å². The molecule has 0 saturated carbocycles. The molecule has 0 fully saturated rings. The van der Waals surface area contributed by atoms with E-state index in [1.807, 2.05) is 38.1 Å². The van der Waals surface area contributed by atoms with Crippen LogP contribution in [0.1, 0.15) is 25.0 Å². The van der Waals surface area contributed by atoms with Crippen LogP contribution in [-0.2, 0) is 13.0 Å². The van der Waals surface area contributed by atoms with Gasteiger partial charge in [0.2, 0.25) is 0 Å². The van der Waals surface area contributed by atoms with E-state index in [-0.39, 0.29) is 6.10 Å². The smallest absolute Gasteiger partial charge is 0.175 e. The average Bonchev–Trinajstić information content (AvgIpc) is 2.55. The number of benzene rings is 2. The van der Waals surface area contributed by atoms with Gasteiger partial charge in [0, 0.05) is 16.6 Å². The number of halogens is 3. The molecule has 0 amide bonds. The van der Waals surface area contributed by atoms with Crippen LogP contribution in [0.4, 0.5) is 0 Å². The lowest BCUT2D eigenvalue weighted by atomic mass is 10.1. The highest BCUT2D eigenvalue weighted by Gasteiger charge is 2.13. The van der Waals surface area contributed by atoms with E-state index in [2.05, 4.69) is 21.2 Å². The average molecular weight is 447 g/mol. The van der Waals surface area contributed by atoms with Crippen LogP contribution in [0.15, 0.2) is 34.8 Å². The SMILES string of the molecule is COc1cc(CNCCc2ccc(Cl)cc2Cl)cc(Br)c1OC(C)C. The fourth-order valence-corrected chi connectivity index (χ4v) is 3.49. The van der Waals surface area contributed by atoms with Gasteiger partial charge in [0.15, 0.2) is 11.5 Å². The molecule has 3 nitrogen and oxygen atoms in total. The summed E-state index contributed by atoms with van der Waals surface area (Å²) < 4.78 is 12.2. The van der Waals surface area contributed by atoms with E-state index >= 15 is 0 Å². The van der Waals surface area contributed by atoms with Gasteiger partial charge >= 0.3 is 0 Å². The van der Waals surface area contributed by atoms with Gasteiger partial charge in [-0.2, -0.15) is 0 Å². The van der Waals surface area contributed by atoms with Crippen LogP contribution in [0, 0.1) is 0 Å². The molecule has 0 saturated heterocycles.